The third-order valence-electron chi connectivity index (χ3n) is 0.781. The van der Waals surface area contributed by atoms with Crippen LogP contribution in [0.3, 0.4) is 0 Å². The summed E-state index contributed by atoms with van der Waals surface area (Å²) in [5.74, 6) is -1.90. The maximum Gasteiger partial charge on any atom is 0.303 e. The van der Waals surface area contributed by atoms with Crippen molar-refractivity contribution < 1.29 is 24.9 Å². The summed E-state index contributed by atoms with van der Waals surface area (Å²) in [5, 5.41) is 23.6. The molecule has 5 nitrogen and oxygen atoms in total. The monoisotopic (exact) mass is 178 g/mol. The molecule has 0 saturated carbocycles. The van der Waals surface area contributed by atoms with E-state index in [9.17, 15) is 9.59 Å². The van der Waals surface area contributed by atoms with Gasteiger partial charge < -0.3 is 15.3 Å². The van der Waals surface area contributed by atoms with Gasteiger partial charge in [0.25, 0.3) is 0 Å². The Hall–Kier alpha value is -1.10. The molecule has 0 bridgehead atoms. The molecule has 72 valence electrons. The van der Waals surface area contributed by atoms with Gasteiger partial charge in [-0.2, -0.15) is 0 Å². The SMILES string of the molecule is CCO.O=C(O)CCCC(=O)O. The van der Waals surface area contributed by atoms with Gasteiger partial charge in [-0.15, -0.1) is 0 Å². The fourth-order valence-corrected chi connectivity index (χ4v) is 0.391. The second-order valence-electron chi connectivity index (χ2n) is 1.96. The molecule has 0 aromatic heterocycles. The van der Waals surface area contributed by atoms with Crippen LogP contribution >= 0.6 is 0 Å². The van der Waals surface area contributed by atoms with Crippen LogP contribution in [0.4, 0.5) is 0 Å². The van der Waals surface area contributed by atoms with Crippen molar-refractivity contribution in [1.29, 1.82) is 0 Å². The first-order chi connectivity index (χ1) is 5.54. The van der Waals surface area contributed by atoms with Crippen molar-refractivity contribution in [1.82, 2.24) is 0 Å². The van der Waals surface area contributed by atoms with E-state index in [1.807, 2.05) is 0 Å². The Morgan fingerprint density at radius 2 is 1.33 bits per heavy atom. The van der Waals surface area contributed by atoms with Crippen LogP contribution in [0.15, 0.2) is 0 Å². The molecule has 0 aromatic carbocycles. The number of aliphatic hydroxyl groups is 1. The first-order valence-electron chi connectivity index (χ1n) is 3.59. The second kappa shape index (κ2) is 9.90. The summed E-state index contributed by atoms with van der Waals surface area (Å²) in [5.41, 5.74) is 0. The van der Waals surface area contributed by atoms with E-state index in [-0.39, 0.29) is 25.9 Å². The van der Waals surface area contributed by atoms with Crippen LogP contribution in [-0.4, -0.2) is 33.9 Å². The van der Waals surface area contributed by atoms with Crippen LogP contribution < -0.4 is 0 Å². The first kappa shape index (κ1) is 13.5. The highest BCUT2D eigenvalue weighted by molar-refractivity contribution is 5.69. The Labute approximate surface area is 70.6 Å². The molecule has 12 heavy (non-hydrogen) atoms. The van der Waals surface area contributed by atoms with E-state index >= 15 is 0 Å². The quantitative estimate of drug-likeness (QED) is 0.576. The lowest BCUT2D eigenvalue weighted by Crippen LogP contribution is -1.98. The molecule has 0 aliphatic heterocycles. The topological polar surface area (TPSA) is 94.8 Å². The van der Waals surface area contributed by atoms with Gasteiger partial charge in [0.15, 0.2) is 0 Å². The van der Waals surface area contributed by atoms with Crippen molar-refractivity contribution in [2.24, 2.45) is 0 Å². The summed E-state index contributed by atoms with van der Waals surface area (Å²) in [7, 11) is 0. The molecule has 0 fully saturated rings. The highest BCUT2D eigenvalue weighted by atomic mass is 16.4. The minimum Gasteiger partial charge on any atom is -0.481 e. The molecule has 0 atom stereocenters. The highest BCUT2D eigenvalue weighted by Crippen LogP contribution is 1.93. The lowest BCUT2D eigenvalue weighted by atomic mass is 10.2. The Balaban J connectivity index is 0. The third-order valence-corrected chi connectivity index (χ3v) is 0.781. The lowest BCUT2D eigenvalue weighted by molar-refractivity contribution is -0.138. The van der Waals surface area contributed by atoms with Gasteiger partial charge in [0, 0.05) is 19.4 Å². The number of carboxylic acids is 2. The second-order valence-corrected chi connectivity index (χ2v) is 1.96. The molecule has 0 unspecified atom stereocenters. The van der Waals surface area contributed by atoms with Gasteiger partial charge in [0.1, 0.15) is 0 Å². The van der Waals surface area contributed by atoms with Gasteiger partial charge in [0.05, 0.1) is 0 Å². The summed E-state index contributed by atoms with van der Waals surface area (Å²) < 4.78 is 0. The maximum atomic E-state index is 9.79. The van der Waals surface area contributed by atoms with E-state index in [4.69, 9.17) is 15.3 Å². The predicted molar refractivity (Wildman–Crippen MR) is 41.9 cm³/mol. The molecule has 0 radical (unpaired) electrons. The van der Waals surface area contributed by atoms with Crippen molar-refractivity contribution in [3.05, 3.63) is 0 Å². The summed E-state index contributed by atoms with van der Waals surface area (Å²) in [4.78, 5) is 19.6. The molecule has 3 N–H and O–H groups in total. The Kier molecular flexibility index (Phi) is 11.1. The molecule has 0 rings (SSSR count). The summed E-state index contributed by atoms with van der Waals surface area (Å²) in [6, 6.07) is 0. The Morgan fingerprint density at radius 3 is 1.50 bits per heavy atom. The fourth-order valence-electron chi connectivity index (χ4n) is 0.391. The Morgan fingerprint density at radius 1 is 1.08 bits per heavy atom. The number of carboxylic acid groups (broad SMARTS) is 2. The zero-order chi connectivity index (χ0) is 9.98. The van der Waals surface area contributed by atoms with E-state index in [2.05, 4.69) is 0 Å². The van der Waals surface area contributed by atoms with Gasteiger partial charge in [-0.3, -0.25) is 9.59 Å². The number of aliphatic hydroxyl groups excluding tert-OH is 1. The first-order valence-corrected chi connectivity index (χ1v) is 3.59. The molecule has 0 spiro atoms. The maximum absolute atomic E-state index is 9.79. The van der Waals surface area contributed by atoms with Crippen LogP contribution in [0.5, 0.6) is 0 Å². The lowest BCUT2D eigenvalue weighted by Gasteiger charge is -1.89. The number of aliphatic carboxylic acids is 2. The minimum absolute atomic E-state index is 0.0632. The van der Waals surface area contributed by atoms with Crippen LogP contribution in [-0.2, 0) is 9.59 Å². The molecule has 0 aliphatic carbocycles. The van der Waals surface area contributed by atoms with Gasteiger partial charge in [-0.1, -0.05) is 0 Å². The van der Waals surface area contributed by atoms with Crippen molar-refractivity contribution in [2.75, 3.05) is 6.61 Å². The van der Waals surface area contributed by atoms with E-state index in [0.717, 1.165) is 0 Å². The molecule has 0 aromatic rings. The fraction of sp³-hybridized carbons (Fsp3) is 0.714. The van der Waals surface area contributed by atoms with Crippen molar-refractivity contribution in [3.63, 3.8) is 0 Å². The smallest absolute Gasteiger partial charge is 0.303 e. The summed E-state index contributed by atoms with van der Waals surface area (Å²) in [6.45, 7) is 1.93. The van der Waals surface area contributed by atoms with E-state index < -0.39 is 11.9 Å². The predicted octanol–water partition coefficient (Wildman–Crippen LogP) is 0.324. The molecular weight excluding hydrogens is 164 g/mol. The van der Waals surface area contributed by atoms with Crippen LogP contribution in [0.1, 0.15) is 26.2 Å². The number of hydrogen-bond donors (Lipinski definition) is 3. The average Bonchev–Trinajstić information content (AvgIpc) is 1.87. The normalized spacial score (nSPS) is 8.17. The summed E-state index contributed by atoms with van der Waals surface area (Å²) >= 11 is 0. The third kappa shape index (κ3) is 23.1. The largest absolute Gasteiger partial charge is 0.481 e. The highest BCUT2D eigenvalue weighted by Gasteiger charge is 1.99. The van der Waals surface area contributed by atoms with E-state index in [1.54, 1.807) is 6.92 Å². The van der Waals surface area contributed by atoms with Gasteiger partial charge in [0.2, 0.25) is 0 Å². The number of carbonyl (C=O) groups is 2. The van der Waals surface area contributed by atoms with Gasteiger partial charge in [-0.25, -0.2) is 0 Å². The van der Waals surface area contributed by atoms with Crippen LogP contribution in [0.2, 0.25) is 0 Å². The molecule has 0 heterocycles. The van der Waals surface area contributed by atoms with Gasteiger partial charge in [-0.05, 0) is 13.3 Å². The molecule has 0 amide bonds. The molecule has 5 heteroatoms. The zero-order valence-electron chi connectivity index (χ0n) is 6.99. The van der Waals surface area contributed by atoms with Crippen LogP contribution in [0, 0.1) is 0 Å². The van der Waals surface area contributed by atoms with E-state index in [0.29, 0.717) is 0 Å². The number of rotatable bonds is 4. The average molecular weight is 178 g/mol. The van der Waals surface area contributed by atoms with Gasteiger partial charge >= 0.3 is 11.9 Å². The zero-order valence-corrected chi connectivity index (χ0v) is 6.99. The standard InChI is InChI=1S/C5H8O4.C2H6O/c6-4(7)2-1-3-5(8)9;1-2-3/h1-3H2,(H,6,7)(H,8,9);3H,2H2,1H3. The van der Waals surface area contributed by atoms with E-state index in [1.165, 1.54) is 0 Å². The Bertz CT molecular complexity index is 118. The van der Waals surface area contributed by atoms with Crippen molar-refractivity contribution in [3.8, 4) is 0 Å². The van der Waals surface area contributed by atoms with Crippen molar-refractivity contribution in [2.45, 2.75) is 26.2 Å². The molecular formula is C7H14O5. The summed E-state index contributed by atoms with van der Waals surface area (Å²) in [6.07, 6.45) is 0.0866. The number of hydrogen-bond acceptors (Lipinski definition) is 3. The van der Waals surface area contributed by atoms with Crippen LogP contribution in [0.25, 0.3) is 0 Å². The minimum atomic E-state index is -0.948. The molecule has 0 aliphatic rings. The molecule has 0 saturated heterocycles. The van der Waals surface area contributed by atoms with Crippen molar-refractivity contribution >= 4 is 11.9 Å².